The second-order valence-electron chi connectivity index (χ2n) is 10.3. The van der Waals surface area contributed by atoms with Gasteiger partial charge in [-0.05, 0) is 80.1 Å². The molecule has 2 aromatic carbocycles. The number of hydrogen-bond acceptors (Lipinski definition) is 8. The van der Waals surface area contributed by atoms with Gasteiger partial charge < -0.3 is 19.1 Å². The summed E-state index contributed by atoms with van der Waals surface area (Å²) in [5, 5.41) is 0. The maximum atomic E-state index is 14.0. The Balaban J connectivity index is 1.50. The van der Waals surface area contributed by atoms with Crippen molar-refractivity contribution in [2.45, 2.75) is 52.5 Å². The van der Waals surface area contributed by atoms with Gasteiger partial charge in [-0.25, -0.2) is 9.79 Å². The number of hydrogen-bond donors (Lipinski definition) is 0. The van der Waals surface area contributed by atoms with Crippen LogP contribution >= 0.6 is 11.3 Å². The van der Waals surface area contributed by atoms with Crippen molar-refractivity contribution in [1.29, 1.82) is 0 Å². The molecule has 6 rings (SSSR count). The van der Waals surface area contributed by atoms with Crippen LogP contribution in [0, 0.1) is 6.92 Å². The largest absolute Gasteiger partial charge is 0.463 e. The van der Waals surface area contributed by atoms with E-state index in [1.54, 1.807) is 11.5 Å². The average Bonchev–Trinajstić information content (AvgIpc) is 3.69. The number of anilines is 1. The number of ether oxygens (including phenoxy) is 3. The molecule has 8 nitrogen and oxygen atoms in total. The monoisotopic (exact) mass is 559 g/mol. The van der Waals surface area contributed by atoms with E-state index in [2.05, 4.69) is 30.0 Å². The molecular formula is C31H33N3O5S. The molecule has 0 saturated carbocycles. The number of benzene rings is 2. The zero-order chi connectivity index (χ0) is 27.8. The minimum atomic E-state index is -0.687. The van der Waals surface area contributed by atoms with Crippen molar-refractivity contribution < 1.29 is 19.0 Å². The van der Waals surface area contributed by atoms with Gasteiger partial charge >= 0.3 is 5.97 Å². The van der Waals surface area contributed by atoms with Crippen molar-refractivity contribution in [3.63, 3.8) is 0 Å². The quantitative estimate of drug-likeness (QED) is 0.404. The Morgan fingerprint density at radius 1 is 1.12 bits per heavy atom. The molecule has 0 amide bonds. The third-order valence-corrected chi connectivity index (χ3v) is 8.55. The molecule has 0 bridgehead atoms. The standard InChI is InChI=1S/C31H33N3O5S/c1-4-8-22-27(30(36)37-5-2)28(21-10-12-24-25(17-21)39-18-38-24)34-29(35)26(40-31(34)32-22)16-20-9-11-23(19(3)15-20)33-13-6-7-14-33/h9-12,15-17,28H,4-8,13-14,18H2,1-3H3/b26-16+/t28-/m0/s1. The van der Waals surface area contributed by atoms with Crippen LogP contribution in [-0.2, 0) is 9.53 Å². The summed E-state index contributed by atoms with van der Waals surface area (Å²) in [6, 6.07) is 11.2. The molecule has 0 radical (unpaired) electrons. The van der Waals surface area contributed by atoms with E-state index in [0.717, 1.165) is 30.6 Å². The van der Waals surface area contributed by atoms with Crippen LogP contribution in [0.4, 0.5) is 5.69 Å². The van der Waals surface area contributed by atoms with Crippen molar-refractivity contribution in [3.8, 4) is 11.5 Å². The molecule has 1 saturated heterocycles. The molecule has 0 N–H and O–H groups in total. The summed E-state index contributed by atoms with van der Waals surface area (Å²) in [6.45, 7) is 8.48. The van der Waals surface area contributed by atoms with Crippen LogP contribution in [0.2, 0.25) is 0 Å². The molecule has 1 fully saturated rings. The van der Waals surface area contributed by atoms with Gasteiger partial charge in [-0.15, -0.1) is 0 Å². The summed E-state index contributed by atoms with van der Waals surface area (Å²) < 4.78 is 18.8. The van der Waals surface area contributed by atoms with Gasteiger partial charge in [-0.2, -0.15) is 0 Å². The molecular weight excluding hydrogens is 526 g/mol. The van der Waals surface area contributed by atoms with E-state index in [1.807, 2.05) is 31.2 Å². The lowest BCUT2D eigenvalue weighted by molar-refractivity contribution is -0.139. The molecule has 1 atom stereocenters. The lowest BCUT2D eigenvalue weighted by Gasteiger charge is -2.25. The first kappa shape index (κ1) is 26.4. The molecule has 9 heteroatoms. The molecule has 3 aliphatic heterocycles. The predicted octanol–water partition coefficient (Wildman–Crippen LogP) is 4.22. The summed E-state index contributed by atoms with van der Waals surface area (Å²) >= 11 is 1.35. The zero-order valence-electron chi connectivity index (χ0n) is 23.1. The van der Waals surface area contributed by atoms with E-state index in [1.165, 1.54) is 35.4 Å². The number of aryl methyl sites for hydroxylation is 1. The van der Waals surface area contributed by atoms with Gasteiger partial charge in [0.05, 0.1) is 28.5 Å². The second-order valence-corrected chi connectivity index (χ2v) is 11.3. The molecule has 4 heterocycles. The molecule has 3 aliphatic rings. The summed E-state index contributed by atoms with van der Waals surface area (Å²) in [5.41, 5.74) is 5.01. The molecule has 0 unspecified atom stereocenters. The van der Waals surface area contributed by atoms with Crippen LogP contribution in [0.25, 0.3) is 6.08 Å². The number of esters is 1. The SMILES string of the molecule is CCCC1=C(C(=O)OCC)[C@H](c2ccc3c(c2)OCO3)n2c(s/c(=C/c3ccc(N4CCCC4)c(C)c3)c2=O)=N1. The van der Waals surface area contributed by atoms with Crippen LogP contribution in [0.1, 0.15) is 62.3 Å². The van der Waals surface area contributed by atoms with E-state index in [4.69, 9.17) is 19.2 Å². The van der Waals surface area contributed by atoms with E-state index in [0.29, 0.717) is 38.5 Å². The Hall–Kier alpha value is -3.85. The molecule has 0 spiro atoms. The van der Waals surface area contributed by atoms with Crippen LogP contribution < -0.4 is 29.3 Å². The highest BCUT2D eigenvalue weighted by Gasteiger charge is 2.35. The Labute approximate surface area is 236 Å². The van der Waals surface area contributed by atoms with Crippen molar-refractivity contribution in [1.82, 2.24) is 4.57 Å². The zero-order valence-corrected chi connectivity index (χ0v) is 23.9. The smallest absolute Gasteiger partial charge is 0.338 e. The average molecular weight is 560 g/mol. The first-order valence-corrected chi connectivity index (χ1v) is 14.8. The van der Waals surface area contributed by atoms with Gasteiger partial charge in [0, 0.05) is 18.8 Å². The Bertz CT molecular complexity index is 1680. The Morgan fingerprint density at radius 3 is 2.67 bits per heavy atom. The maximum Gasteiger partial charge on any atom is 0.338 e. The van der Waals surface area contributed by atoms with Gasteiger partial charge in [0.25, 0.3) is 5.56 Å². The minimum absolute atomic E-state index is 0.138. The number of carbonyl (C=O) groups excluding carboxylic acids is 1. The Kier molecular flexibility index (Phi) is 7.23. The van der Waals surface area contributed by atoms with Crippen molar-refractivity contribution in [3.05, 3.63) is 84.0 Å². The van der Waals surface area contributed by atoms with Gasteiger partial charge in [0.15, 0.2) is 16.3 Å². The van der Waals surface area contributed by atoms with E-state index < -0.39 is 12.0 Å². The number of allylic oxidation sites excluding steroid dienone is 1. The van der Waals surface area contributed by atoms with E-state index in [-0.39, 0.29) is 19.0 Å². The third-order valence-electron chi connectivity index (χ3n) is 7.57. The number of rotatable bonds is 7. The lowest BCUT2D eigenvalue weighted by Crippen LogP contribution is -2.40. The number of carbonyl (C=O) groups is 1. The van der Waals surface area contributed by atoms with Crippen LogP contribution in [0.3, 0.4) is 0 Å². The van der Waals surface area contributed by atoms with Crippen LogP contribution in [0.15, 0.2) is 57.5 Å². The predicted molar refractivity (Wildman–Crippen MR) is 155 cm³/mol. The Morgan fingerprint density at radius 2 is 1.93 bits per heavy atom. The molecule has 0 aliphatic carbocycles. The molecule has 208 valence electrons. The normalized spacial score (nSPS) is 18.2. The summed E-state index contributed by atoms with van der Waals surface area (Å²) in [7, 11) is 0. The van der Waals surface area contributed by atoms with Gasteiger partial charge in [-0.3, -0.25) is 9.36 Å². The van der Waals surface area contributed by atoms with Crippen molar-refractivity contribution >= 4 is 29.1 Å². The van der Waals surface area contributed by atoms with Gasteiger partial charge in [-0.1, -0.05) is 36.8 Å². The summed E-state index contributed by atoms with van der Waals surface area (Å²) in [4.78, 5) is 35.3. The van der Waals surface area contributed by atoms with Crippen LogP contribution in [-0.4, -0.2) is 37.0 Å². The number of thiazole rings is 1. The number of aromatic nitrogens is 1. The molecule has 1 aromatic heterocycles. The highest BCUT2D eigenvalue weighted by atomic mass is 32.1. The van der Waals surface area contributed by atoms with Gasteiger partial charge in [0.1, 0.15) is 0 Å². The van der Waals surface area contributed by atoms with Gasteiger partial charge in [0.2, 0.25) is 6.79 Å². The topological polar surface area (TPSA) is 82.4 Å². The fourth-order valence-electron chi connectivity index (χ4n) is 5.75. The number of fused-ring (bicyclic) bond motifs is 2. The van der Waals surface area contributed by atoms with Crippen LogP contribution in [0.5, 0.6) is 11.5 Å². The fourth-order valence-corrected chi connectivity index (χ4v) is 6.77. The lowest BCUT2D eigenvalue weighted by atomic mass is 9.94. The first-order chi connectivity index (χ1) is 19.5. The third kappa shape index (κ3) is 4.72. The minimum Gasteiger partial charge on any atom is -0.463 e. The molecule has 3 aromatic rings. The highest BCUT2D eigenvalue weighted by Crippen LogP contribution is 2.39. The summed E-state index contributed by atoms with van der Waals surface area (Å²) in [5.74, 6) is 0.768. The second kappa shape index (κ2) is 11.0. The van der Waals surface area contributed by atoms with E-state index >= 15 is 0 Å². The number of nitrogens with zero attached hydrogens (tertiary/aromatic N) is 3. The maximum absolute atomic E-state index is 14.0. The molecule has 40 heavy (non-hydrogen) atoms. The van der Waals surface area contributed by atoms with Crippen molar-refractivity contribution in [2.75, 3.05) is 31.4 Å². The van der Waals surface area contributed by atoms with E-state index in [9.17, 15) is 9.59 Å². The highest BCUT2D eigenvalue weighted by molar-refractivity contribution is 7.07. The summed E-state index contributed by atoms with van der Waals surface area (Å²) in [6.07, 6.45) is 5.76. The van der Waals surface area contributed by atoms with Crippen molar-refractivity contribution in [2.24, 2.45) is 4.99 Å². The first-order valence-electron chi connectivity index (χ1n) is 14.0. The fraction of sp³-hybridized carbons (Fsp3) is 0.387.